The summed E-state index contributed by atoms with van der Waals surface area (Å²) in [5.74, 6) is -0.394. The predicted molar refractivity (Wildman–Crippen MR) is 34.0 cm³/mol. The Hall–Kier alpha value is 0.116. The van der Waals surface area contributed by atoms with Gasteiger partial charge in [-0.25, -0.2) is 9.59 Å². The van der Waals surface area contributed by atoms with Crippen LogP contribution in [0.5, 0.6) is 0 Å². The Morgan fingerprint density at radius 2 is 1.82 bits per heavy atom. The molecule has 0 saturated heterocycles. The maximum absolute atomic E-state index is 9.84. The molecule has 0 spiro atoms. The van der Waals surface area contributed by atoms with Crippen molar-refractivity contribution in [1.82, 2.24) is 0 Å². The third kappa shape index (κ3) is 39.3. The Balaban J connectivity index is -0.0000000483. The van der Waals surface area contributed by atoms with E-state index in [2.05, 4.69) is 11.3 Å². The number of carboxylic acid groups (broad SMARTS) is 2. The number of hydrogen-bond acceptors (Lipinski definition) is 3. The molecule has 5 nitrogen and oxygen atoms in total. The second kappa shape index (κ2) is 12.8. The minimum absolute atomic E-state index is 0. The molecule has 0 heterocycles. The van der Waals surface area contributed by atoms with Crippen molar-refractivity contribution < 1.29 is 77.4 Å². The van der Waals surface area contributed by atoms with Gasteiger partial charge in [0.2, 0.25) is 0 Å². The van der Waals surface area contributed by atoms with Crippen LogP contribution in [0.4, 0.5) is 4.79 Å². The van der Waals surface area contributed by atoms with E-state index >= 15 is 0 Å². The number of esters is 1. The van der Waals surface area contributed by atoms with Gasteiger partial charge in [-0.2, -0.15) is 0 Å². The van der Waals surface area contributed by atoms with E-state index < -0.39 is 12.1 Å². The molecule has 0 rings (SSSR count). The van der Waals surface area contributed by atoms with Crippen LogP contribution in [0.2, 0.25) is 0 Å². The molecular formula is C5H9KO5. The van der Waals surface area contributed by atoms with Crippen molar-refractivity contribution in [3.8, 4) is 0 Å². The molecular weight excluding hydrogens is 179 g/mol. The van der Waals surface area contributed by atoms with Gasteiger partial charge >= 0.3 is 63.5 Å². The molecule has 0 amide bonds. The second-order valence-corrected chi connectivity index (χ2v) is 1.01. The summed E-state index contributed by atoms with van der Waals surface area (Å²) in [7, 11) is 1.31. The number of ether oxygens (including phenoxy) is 1. The summed E-state index contributed by atoms with van der Waals surface area (Å²) in [5.41, 5.74) is 0. The second-order valence-electron chi connectivity index (χ2n) is 1.01. The van der Waals surface area contributed by atoms with Crippen molar-refractivity contribution in [2.75, 3.05) is 7.11 Å². The van der Waals surface area contributed by atoms with E-state index in [0.717, 1.165) is 6.08 Å². The van der Waals surface area contributed by atoms with Crippen LogP contribution in [-0.4, -0.2) is 29.4 Å². The molecule has 0 aliphatic heterocycles. The van der Waals surface area contributed by atoms with Gasteiger partial charge in [0.05, 0.1) is 7.11 Å². The number of rotatable bonds is 1. The minimum Gasteiger partial charge on any atom is -1.00 e. The fourth-order valence-electron chi connectivity index (χ4n) is 0.0833. The molecule has 0 radical (unpaired) electrons. The van der Waals surface area contributed by atoms with Gasteiger partial charge in [0.1, 0.15) is 0 Å². The van der Waals surface area contributed by atoms with Gasteiger partial charge in [0.15, 0.2) is 0 Å². The quantitative estimate of drug-likeness (QED) is 0.274. The smallest absolute Gasteiger partial charge is 1.00 e. The standard InChI is InChI=1S/C4H6O2.CH2O3.K.H/c1-3-4(5)6-2;2-1(3)4;;/h3H,1H2,2H3;(H2,2,3,4);;/q;;+1;-1. The summed E-state index contributed by atoms with van der Waals surface area (Å²) in [6.07, 6.45) is -0.722. The van der Waals surface area contributed by atoms with Crippen molar-refractivity contribution >= 4 is 12.1 Å². The molecule has 0 aromatic rings. The number of methoxy groups -OCH3 is 1. The maximum atomic E-state index is 9.84. The zero-order valence-corrected chi connectivity index (χ0v) is 9.53. The van der Waals surface area contributed by atoms with Crippen molar-refractivity contribution in [1.29, 1.82) is 0 Å². The van der Waals surface area contributed by atoms with Crippen LogP contribution in [0.25, 0.3) is 0 Å². The first-order valence-electron chi connectivity index (χ1n) is 2.16. The Morgan fingerprint density at radius 1 is 1.55 bits per heavy atom. The predicted octanol–water partition coefficient (Wildman–Crippen LogP) is -2.32. The number of carbonyl (C=O) groups is 2. The average Bonchev–Trinajstić information content (AvgIpc) is 1.85. The first kappa shape index (κ1) is 17.3. The van der Waals surface area contributed by atoms with Gasteiger partial charge < -0.3 is 16.4 Å². The molecule has 6 heteroatoms. The van der Waals surface area contributed by atoms with Gasteiger partial charge in [-0.15, -0.1) is 0 Å². The molecule has 60 valence electrons. The monoisotopic (exact) mass is 188 g/mol. The summed E-state index contributed by atoms with van der Waals surface area (Å²) in [5, 5.41) is 13.9. The zero-order valence-electron chi connectivity index (χ0n) is 7.40. The largest absolute Gasteiger partial charge is 1.00 e. The van der Waals surface area contributed by atoms with Crippen LogP contribution in [-0.2, 0) is 9.53 Å². The van der Waals surface area contributed by atoms with Crippen LogP contribution in [0.15, 0.2) is 12.7 Å². The number of carbonyl (C=O) groups excluding carboxylic acids is 1. The Bertz CT molecular complexity index is 134. The van der Waals surface area contributed by atoms with E-state index in [9.17, 15) is 4.79 Å². The molecule has 0 saturated carbocycles. The van der Waals surface area contributed by atoms with E-state index in [1.165, 1.54) is 7.11 Å². The van der Waals surface area contributed by atoms with Gasteiger partial charge in [-0.3, -0.25) is 0 Å². The Labute approximate surface area is 108 Å². The fraction of sp³-hybridized carbons (Fsp3) is 0.200. The Morgan fingerprint density at radius 3 is 1.82 bits per heavy atom. The Kier molecular flexibility index (Phi) is 20.0. The molecule has 0 aromatic carbocycles. The molecule has 0 fully saturated rings. The SMILES string of the molecule is C=CC(=O)OC.O=C(O)O.[H-].[K+]. The molecule has 0 aromatic heterocycles. The van der Waals surface area contributed by atoms with E-state index in [0.29, 0.717) is 0 Å². The summed E-state index contributed by atoms with van der Waals surface area (Å²) in [4.78, 5) is 18.4. The summed E-state index contributed by atoms with van der Waals surface area (Å²) >= 11 is 0. The third-order valence-corrected chi connectivity index (χ3v) is 0.368. The maximum Gasteiger partial charge on any atom is 1.00 e. The summed E-state index contributed by atoms with van der Waals surface area (Å²) in [6.45, 7) is 3.16. The fourth-order valence-corrected chi connectivity index (χ4v) is 0.0833. The number of hydrogen-bond donors (Lipinski definition) is 2. The molecule has 0 aliphatic carbocycles. The average molecular weight is 188 g/mol. The molecule has 11 heavy (non-hydrogen) atoms. The summed E-state index contributed by atoms with van der Waals surface area (Å²) < 4.78 is 4.14. The van der Waals surface area contributed by atoms with Gasteiger partial charge in [-0.1, -0.05) is 6.58 Å². The van der Waals surface area contributed by atoms with Crippen LogP contribution in [0, 0.1) is 0 Å². The van der Waals surface area contributed by atoms with Gasteiger partial charge in [0.25, 0.3) is 0 Å². The van der Waals surface area contributed by atoms with E-state index in [-0.39, 0.29) is 52.8 Å². The van der Waals surface area contributed by atoms with Gasteiger partial charge in [-0.05, 0) is 0 Å². The molecule has 0 atom stereocenters. The first-order chi connectivity index (χ1) is 4.54. The third-order valence-electron chi connectivity index (χ3n) is 0.368. The van der Waals surface area contributed by atoms with E-state index in [4.69, 9.17) is 15.0 Å². The molecule has 0 bridgehead atoms. The van der Waals surface area contributed by atoms with Crippen LogP contribution < -0.4 is 51.4 Å². The van der Waals surface area contributed by atoms with Crippen LogP contribution >= 0.6 is 0 Å². The van der Waals surface area contributed by atoms with Crippen molar-refractivity contribution in [2.45, 2.75) is 0 Å². The van der Waals surface area contributed by atoms with Crippen LogP contribution in [0.3, 0.4) is 0 Å². The minimum atomic E-state index is -1.83. The molecule has 0 unspecified atom stereocenters. The van der Waals surface area contributed by atoms with E-state index in [1.807, 2.05) is 0 Å². The molecule has 0 aliphatic rings. The zero-order chi connectivity index (χ0) is 8.57. The van der Waals surface area contributed by atoms with Crippen molar-refractivity contribution in [3.05, 3.63) is 12.7 Å². The summed E-state index contributed by atoms with van der Waals surface area (Å²) in [6, 6.07) is 0. The van der Waals surface area contributed by atoms with Crippen molar-refractivity contribution in [2.24, 2.45) is 0 Å². The van der Waals surface area contributed by atoms with E-state index in [1.54, 1.807) is 0 Å². The van der Waals surface area contributed by atoms with Crippen LogP contribution in [0.1, 0.15) is 1.43 Å². The normalized spacial score (nSPS) is 5.91. The topological polar surface area (TPSA) is 83.8 Å². The molecule has 2 N–H and O–H groups in total. The first-order valence-corrected chi connectivity index (χ1v) is 2.16. The van der Waals surface area contributed by atoms with Crippen molar-refractivity contribution in [3.63, 3.8) is 0 Å². The van der Waals surface area contributed by atoms with Gasteiger partial charge in [0, 0.05) is 6.08 Å².